The molecule has 1 aliphatic rings. The highest BCUT2D eigenvalue weighted by Crippen LogP contribution is 2.39. The van der Waals surface area contributed by atoms with E-state index in [1.165, 1.54) is 37.9 Å². The fourth-order valence-corrected chi connectivity index (χ4v) is 3.10. The van der Waals surface area contributed by atoms with Gasteiger partial charge in [-0.3, -0.25) is 0 Å². The van der Waals surface area contributed by atoms with Crippen molar-refractivity contribution in [3.05, 3.63) is 29.8 Å². The van der Waals surface area contributed by atoms with E-state index in [4.69, 9.17) is 4.74 Å². The van der Waals surface area contributed by atoms with E-state index in [-0.39, 0.29) is 0 Å². The van der Waals surface area contributed by atoms with E-state index in [0.717, 1.165) is 5.75 Å². The van der Waals surface area contributed by atoms with Gasteiger partial charge >= 0.3 is 0 Å². The monoisotopic (exact) mass is 233 g/mol. The van der Waals surface area contributed by atoms with Crippen LogP contribution in [0.15, 0.2) is 24.3 Å². The number of likely N-dealkylation sites (tertiary alicyclic amines) is 1. The Labute approximate surface area is 105 Å². The van der Waals surface area contributed by atoms with E-state index in [0.29, 0.717) is 5.41 Å². The molecule has 1 aromatic carbocycles. The van der Waals surface area contributed by atoms with Crippen molar-refractivity contribution < 1.29 is 4.74 Å². The molecule has 1 fully saturated rings. The van der Waals surface area contributed by atoms with Crippen LogP contribution in [-0.2, 0) is 5.41 Å². The van der Waals surface area contributed by atoms with Gasteiger partial charge in [0.25, 0.3) is 0 Å². The molecule has 1 heterocycles. The summed E-state index contributed by atoms with van der Waals surface area (Å²) in [5.41, 5.74) is 1.79. The highest BCUT2D eigenvalue weighted by Gasteiger charge is 2.37. The van der Waals surface area contributed by atoms with E-state index >= 15 is 0 Å². The minimum Gasteiger partial charge on any atom is -0.497 e. The van der Waals surface area contributed by atoms with Crippen molar-refractivity contribution in [2.75, 3.05) is 27.2 Å². The van der Waals surface area contributed by atoms with Gasteiger partial charge in [-0.1, -0.05) is 25.5 Å². The zero-order valence-corrected chi connectivity index (χ0v) is 11.2. The highest BCUT2D eigenvalue weighted by atomic mass is 16.5. The molecule has 0 radical (unpaired) electrons. The molecule has 0 spiro atoms. The van der Waals surface area contributed by atoms with Crippen LogP contribution in [0.4, 0.5) is 0 Å². The van der Waals surface area contributed by atoms with Crippen LogP contribution in [0.3, 0.4) is 0 Å². The maximum atomic E-state index is 5.35. The van der Waals surface area contributed by atoms with Crippen LogP contribution in [0.25, 0.3) is 0 Å². The number of likely N-dealkylation sites (N-methyl/N-ethyl adjacent to an activating group) is 1. The summed E-state index contributed by atoms with van der Waals surface area (Å²) in [5.74, 6) is 0.979. The summed E-state index contributed by atoms with van der Waals surface area (Å²) in [6.45, 7) is 4.66. The van der Waals surface area contributed by atoms with Crippen molar-refractivity contribution >= 4 is 0 Å². The van der Waals surface area contributed by atoms with Crippen molar-refractivity contribution in [1.82, 2.24) is 4.90 Å². The maximum absolute atomic E-state index is 5.35. The van der Waals surface area contributed by atoms with Gasteiger partial charge in [0.15, 0.2) is 0 Å². The van der Waals surface area contributed by atoms with Crippen molar-refractivity contribution in [1.29, 1.82) is 0 Å². The average molecular weight is 233 g/mol. The van der Waals surface area contributed by atoms with Crippen molar-refractivity contribution in [3.63, 3.8) is 0 Å². The molecule has 0 aromatic heterocycles. The second kappa shape index (κ2) is 5.09. The number of ether oxygens (including phenoxy) is 1. The summed E-state index contributed by atoms with van der Waals surface area (Å²) in [4.78, 5) is 2.44. The minimum atomic E-state index is 0.345. The van der Waals surface area contributed by atoms with E-state index in [2.05, 4.69) is 37.1 Å². The van der Waals surface area contributed by atoms with Gasteiger partial charge in [0.2, 0.25) is 0 Å². The lowest BCUT2D eigenvalue weighted by Gasteiger charge is -2.29. The van der Waals surface area contributed by atoms with Gasteiger partial charge in [-0.05, 0) is 44.1 Å². The first-order chi connectivity index (χ1) is 8.20. The van der Waals surface area contributed by atoms with E-state index in [1.807, 2.05) is 6.07 Å². The van der Waals surface area contributed by atoms with Crippen LogP contribution < -0.4 is 4.74 Å². The second-order valence-corrected chi connectivity index (χ2v) is 5.25. The molecule has 0 amide bonds. The molecular formula is C15H23NO. The molecular weight excluding hydrogens is 210 g/mol. The Bertz CT molecular complexity index is 373. The van der Waals surface area contributed by atoms with Gasteiger partial charge in [-0.25, -0.2) is 0 Å². The Hall–Kier alpha value is -1.02. The normalized spacial score (nSPS) is 25.1. The molecule has 1 aliphatic heterocycles. The minimum absolute atomic E-state index is 0.345. The SMILES string of the molecule is CCC[C@]1(c2cccc(OC)c2)CCN(C)C1. The molecule has 2 nitrogen and oxygen atoms in total. The van der Waals surface area contributed by atoms with Gasteiger partial charge < -0.3 is 9.64 Å². The molecule has 2 heteroatoms. The van der Waals surface area contributed by atoms with E-state index < -0.39 is 0 Å². The predicted molar refractivity (Wildman–Crippen MR) is 71.7 cm³/mol. The first-order valence-electron chi connectivity index (χ1n) is 6.53. The van der Waals surface area contributed by atoms with E-state index in [9.17, 15) is 0 Å². The van der Waals surface area contributed by atoms with Gasteiger partial charge in [0.05, 0.1) is 7.11 Å². The smallest absolute Gasteiger partial charge is 0.119 e. The molecule has 0 saturated carbocycles. The first-order valence-corrected chi connectivity index (χ1v) is 6.53. The Kier molecular flexibility index (Phi) is 3.72. The fourth-order valence-electron chi connectivity index (χ4n) is 3.10. The standard InChI is InChI=1S/C15H23NO/c1-4-8-15(9-10-16(2)12-15)13-6-5-7-14(11-13)17-3/h5-7,11H,4,8-10,12H2,1-3H3/t15-/m0/s1. The molecule has 0 N–H and O–H groups in total. The van der Waals surface area contributed by atoms with Crippen LogP contribution in [0.1, 0.15) is 31.7 Å². The lowest BCUT2D eigenvalue weighted by Crippen LogP contribution is -2.29. The van der Waals surface area contributed by atoms with Gasteiger partial charge in [0.1, 0.15) is 5.75 Å². The molecule has 1 aromatic rings. The van der Waals surface area contributed by atoms with Crippen LogP contribution in [-0.4, -0.2) is 32.1 Å². The molecule has 94 valence electrons. The van der Waals surface area contributed by atoms with Crippen molar-refractivity contribution in [3.8, 4) is 5.75 Å². The maximum Gasteiger partial charge on any atom is 0.119 e. The number of nitrogens with zero attached hydrogens (tertiary/aromatic N) is 1. The number of methoxy groups -OCH3 is 1. The molecule has 1 atom stereocenters. The van der Waals surface area contributed by atoms with Crippen molar-refractivity contribution in [2.24, 2.45) is 0 Å². The highest BCUT2D eigenvalue weighted by molar-refractivity contribution is 5.35. The quantitative estimate of drug-likeness (QED) is 0.792. The second-order valence-electron chi connectivity index (χ2n) is 5.25. The van der Waals surface area contributed by atoms with Crippen molar-refractivity contribution in [2.45, 2.75) is 31.6 Å². The molecule has 17 heavy (non-hydrogen) atoms. The summed E-state index contributed by atoms with van der Waals surface area (Å²) in [7, 11) is 3.96. The summed E-state index contributed by atoms with van der Waals surface area (Å²) < 4.78 is 5.35. The predicted octanol–water partition coefficient (Wildman–Crippen LogP) is 3.07. The lowest BCUT2D eigenvalue weighted by atomic mass is 9.76. The topological polar surface area (TPSA) is 12.5 Å². The third-order valence-corrected chi connectivity index (χ3v) is 3.96. The number of hydrogen-bond acceptors (Lipinski definition) is 2. The Morgan fingerprint density at radius 2 is 2.24 bits per heavy atom. The molecule has 0 bridgehead atoms. The molecule has 1 saturated heterocycles. The largest absolute Gasteiger partial charge is 0.497 e. The fraction of sp³-hybridized carbons (Fsp3) is 0.600. The van der Waals surface area contributed by atoms with E-state index in [1.54, 1.807) is 7.11 Å². The van der Waals surface area contributed by atoms with Crippen LogP contribution in [0.2, 0.25) is 0 Å². The van der Waals surface area contributed by atoms with Crippen LogP contribution in [0.5, 0.6) is 5.75 Å². The van der Waals surface area contributed by atoms with Gasteiger partial charge in [-0.15, -0.1) is 0 Å². The van der Waals surface area contributed by atoms with Gasteiger partial charge in [-0.2, -0.15) is 0 Å². The number of rotatable bonds is 4. The third-order valence-electron chi connectivity index (χ3n) is 3.96. The summed E-state index contributed by atoms with van der Waals surface area (Å²) in [6.07, 6.45) is 3.78. The lowest BCUT2D eigenvalue weighted by molar-refractivity contribution is 0.349. The van der Waals surface area contributed by atoms with Crippen LogP contribution >= 0.6 is 0 Å². The number of benzene rings is 1. The Morgan fingerprint density at radius 3 is 2.82 bits per heavy atom. The summed E-state index contributed by atoms with van der Waals surface area (Å²) in [5, 5.41) is 0. The van der Waals surface area contributed by atoms with Gasteiger partial charge in [0, 0.05) is 12.0 Å². The Morgan fingerprint density at radius 1 is 1.41 bits per heavy atom. The summed E-state index contributed by atoms with van der Waals surface area (Å²) >= 11 is 0. The zero-order chi connectivity index (χ0) is 12.3. The molecule has 0 unspecified atom stereocenters. The van der Waals surface area contributed by atoms with Crippen LogP contribution in [0, 0.1) is 0 Å². The molecule has 2 rings (SSSR count). The molecule has 0 aliphatic carbocycles. The first kappa shape index (κ1) is 12.4. The number of hydrogen-bond donors (Lipinski definition) is 0. The third kappa shape index (κ3) is 2.47. The Balaban J connectivity index is 2.32. The zero-order valence-electron chi connectivity index (χ0n) is 11.2. The average Bonchev–Trinajstić information content (AvgIpc) is 2.73. The summed E-state index contributed by atoms with van der Waals surface area (Å²) in [6, 6.07) is 8.62.